The zero-order valence-electron chi connectivity index (χ0n) is 10.7. The smallest absolute Gasteiger partial charge is 0.410 e. The van der Waals surface area contributed by atoms with Crippen LogP contribution in [0, 0.1) is 5.92 Å². The Morgan fingerprint density at radius 2 is 2.05 bits per heavy atom. The molecule has 0 N–H and O–H groups in total. The highest BCUT2D eigenvalue weighted by molar-refractivity contribution is 6.64. The number of carbonyl (C=O) groups excluding carboxylic acids is 2. The lowest BCUT2D eigenvalue weighted by Gasteiger charge is -2.23. The third kappa shape index (κ3) is 3.26. The molecule has 0 bridgehead atoms. The fourth-order valence-corrected chi connectivity index (χ4v) is 2.63. The predicted octanol–water partition coefficient (Wildman–Crippen LogP) is 2.80. The summed E-state index contributed by atoms with van der Waals surface area (Å²) in [5, 5.41) is -0.498. The zero-order chi connectivity index (χ0) is 13.8. The molecule has 2 atom stereocenters. The van der Waals surface area contributed by atoms with Gasteiger partial charge in [-0.25, -0.2) is 4.79 Å². The van der Waals surface area contributed by atoms with Crippen LogP contribution in [0.15, 0.2) is 30.3 Å². The van der Waals surface area contributed by atoms with Crippen molar-refractivity contribution < 1.29 is 14.3 Å². The van der Waals surface area contributed by atoms with E-state index in [1.807, 2.05) is 37.3 Å². The van der Waals surface area contributed by atoms with Crippen LogP contribution >= 0.6 is 11.6 Å². The molecule has 1 saturated heterocycles. The second-order valence-electron chi connectivity index (χ2n) is 4.75. The summed E-state index contributed by atoms with van der Waals surface area (Å²) in [6.45, 7) is 2.63. The van der Waals surface area contributed by atoms with Crippen LogP contribution in [0.3, 0.4) is 0 Å². The minimum absolute atomic E-state index is 0.0780. The van der Waals surface area contributed by atoms with Crippen LogP contribution in [-0.2, 0) is 16.1 Å². The fourth-order valence-electron chi connectivity index (χ4n) is 2.30. The van der Waals surface area contributed by atoms with E-state index in [0.717, 1.165) is 12.0 Å². The number of likely N-dealkylation sites (tertiary alicyclic amines) is 1. The number of amides is 1. The molecule has 19 heavy (non-hydrogen) atoms. The van der Waals surface area contributed by atoms with Crippen LogP contribution < -0.4 is 0 Å². The lowest BCUT2D eigenvalue weighted by molar-refractivity contribution is -0.116. The molecule has 1 aromatic carbocycles. The Kier molecular flexibility index (Phi) is 4.43. The van der Waals surface area contributed by atoms with Gasteiger partial charge in [-0.05, 0) is 29.5 Å². The number of ether oxygens (including phenoxy) is 1. The number of hydrogen-bond acceptors (Lipinski definition) is 3. The van der Waals surface area contributed by atoms with E-state index in [1.165, 1.54) is 4.90 Å². The van der Waals surface area contributed by atoms with Gasteiger partial charge < -0.3 is 4.74 Å². The molecule has 0 saturated carbocycles. The van der Waals surface area contributed by atoms with Crippen molar-refractivity contribution in [2.75, 3.05) is 6.54 Å². The van der Waals surface area contributed by atoms with E-state index in [2.05, 4.69) is 0 Å². The molecule has 1 aliphatic rings. The summed E-state index contributed by atoms with van der Waals surface area (Å²) in [6.07, 6.45) is 0.288. The maximum atomic E-state index is 12.0. The number of carbonyl (C=O) groups is 2. The fraction of sp³-hybridized carbons (Fsp3) is 0.429. The van der Waals surface area contributed by atoms with Crippen LogP contribution in [0.2, 0.25) is 0 Å². The van der Waals surface area contributed by atoms with Gasteiger partial charge in [0.05, 0.1) is 0 Å². The highest BCUT2D eigenvalue weighted by Crippen LogP contribution is 2.26. The summed E-state index contributed by atoms with van der Waals surface area (Å²) < 4.78 is 5.22. The van der Waals surface area contributed by atoms with Gasteiger partial charge in [-0.1, -0.05) is 37.3 Å². The van der Waals surface area contributed by atoms with Gasteiger partial charge >= 0.3 is 6.09 Å². The molecule has 0 radical (unpaired) electrons. The van der Waals surface area contributed by atoms with E-state index < -0.39 is 17.4 Å². The molecule has 1 aliphatic heterocycles. The number of nitrogens with zero attached hydrogens (tertiary/aromatic N) is 1. The van der Waals surface area contributed by atoms with Crippen molar-refractivity contribution in [2.24, 2.45) is 5.92 Å². The average molecular weight is 282 g/mol. The summed E-state index contributed by atoms with van der Waals surface area (Å²) in [4.78, 5) is 24.8. The molecule has 5 heteroatoms. The minimum Gasteiger partial charge on any atom is -0.445 e. The number of halogens is 1. The quantitative estimate of drug-likeness (QED) is 0.801. The largest absolute Gasteiger partial charge is 0.445 e. The summed E-state index contributed by atoms with van der Waals surface area (Å²) >= 11 is 5.55. The minimum atomic E-state index is -0.565. The number of hydrogen-bond donors (Lipinski definition) is 0. The molecule has 102 valence electrons. The Hall–Kier alpha value is -1.55. The Balaban J connectivity index is 1.95. The molecular weight excluding hydrogens is 266 g/mol. The van der Waals surface area contributed by atoms with Gasteiger partial charge in [0.1, 0.15) is 12.6 Å². The van der Waals surface area contributed by atoms with Crippen LogP contribution in [-0.4, -0.2) is 28.8 Å². The highest BCUT2D eigenvalue weighted by atomic mass is 35.5. The van der Waals surface area contributed by atoms with Gasteiger partial charge in [-0.2, -0.15) is 0 Å². The summed E-state index contributed by atoms with van der Waals surface area (Å²) in [7, 11) is 0. The van der Waals surface area contributed by atoms with Gasteiger partial charge in [0.2, 0.25) is 5.24 Å². The van der Waals surface area contributed by atoms with E-state index in [9.17, 15) is 9.59 Å². The molecule has 0 aromatic heterocycles. The molecule has 1 amide bonds. The first-order chi connectivity index (χ1) is 9.09. The van der Waals surface area contributed by atoms with E-state index in [0.29, 0.717) is 6.54 Å². The van der Waals surface area contributed by atoms with Crippen molar-refractivity contribution in [3.05, 3.63) is 35.9 Å². The average Bonchev–Trinajstić information content (AvgIpc) is 2.79. The van der Waals surface area contributed by atoms with Crippen LogP contribution in [0.1, 0.15) is 18.9 Å². The molecule has 1 unspecified atom stereocenters. The Bertz CT molecular complexity index is 463. The third-order valence-electron chi connectivity index (χ3n) is 3.37. The molecule has 4 nitrogen and oxygen atoms in total. The summed E-state index contributed by atoms with van der Waals surface area (Å²) in [5.74, 6) is 0.0780. The summed E-state index contributed by atoms with van der Waals surface area (Å²) in [5.41, 5.74) is 0.914. The lowest BCUT2D eigenvalue weighted by Crippen LogP contribution is -2.41. The normalized spacial score (nSPS) is 22.3. The number of rotatable bonds is 3. The molecule has 0 aliphatic carbocycles. The van der Waals surface area contributed by atoms with E-state index in [1.54, 1.807) is 0 Å². The second kappa shape index (κ2) is 6.06. The van der Waals surface area contributed by atoms with Crippen molar-refractivity contribution in [1.29, 1.82) is 0 Å². The molecule has 2 rings (SSSR count). The maximum absolute atomic E-state index is 12.0. The second-order valence-corrected chi connectivity index (χ2v) is 5.12. The Labute approximate surface area is 117 Å². The molecule has 0 spiro atoms. The van der Waals surface area contributed by atoms with Gasteiger partial charge in [-0.3, -0.25) is 9.69 Å². The third-order valence-corrected chi connectivity index (χ3v) is 3.60. The molecule has 1 heterocycles. The van der Waals surface area contributed by atoms with Crippen LogP contribution in [0.4, 0.5) is 4.79 Å². The van der Waals surface area contributed by atoms with Crippen LogP contribution in [0.5, 0.6) is 0 Å². The standard InChI is InChI=1S/C14H16ClNO3/c1-10-7-8-16(12(10)13(15)17)14(18)19-9-11-5-3-2-4-6-11/h2-6,10,12H,7-9H2,1H3/t10-,12?/m0/s1. The monoisotopic (exact) mass is 281 g/mol. The molecular formula is C14H16ClNO3. The van der Waals surface area contributed by atoms with Crippen molar-refractivity contribution in [1.82, 2.24) is 4.90 Å². The van der Waals surface area contributed by atoms with Gasteiger partial charge in [-0.15, -0.1) is 0 Å². The zero-order valence-corrected chi connectivity index (χ0v) is 11.5. The van der Waals surface area contributed by atoms with E-state index in [-0.39, 0.29) is 12.5 Å². The molecule has 1 fully saturated rings. The molecule has 1 aromatic rings. The lowest BCUT2D eigenvalue weighted by atomic mass is 10.0. The number of benzene rings is 1. The topological polar surface area (TPSA) is 46.6 Å². The van der Waals surface area contributed by atoms with Crippen molar-refractivity contribution in [3.8, 4) is 0 Å². The Morgan fingerprint density at radius 3 is 2.68 bits per heavy atom. The maximum Gasteiger partial charge on any atom is 0.410 e. The first kappa shape index (κ1) is 13.9. The van der Waals surface area contributed by atoms with Gasteiger partial charge in [0.15, 0.2) is 0 Å². The van der Waals surface area contributed by atoms with E-state index >= 15 is 0 Å². The first-order valence-corrected chi connectivity index (χ1v) is 6.64. The predicted molar refractivity (Wildman–Crippen MR) is 71.8 cm³/mol. The van der Waals surface area contributed by atoms with Crippen molar-refractivity contribution in [2.45, 2.75) is 26.0 Å². The van der Waals surface area contributed by atoms with E-state index in [4.69, 9.17) is 16.3 Å². The Morgan fingerprint density at radius 1 is 1.37 bits per heavy atom. The highest BCUT2D eigenvalue weighted by Gasteiger charge is 2.39. The van der Waals surface area contributed by atoms with Crippen molar-refractivity contribution >= 4 is 22.9 Å². The van der Waals surface area contributed by atoms with Gasteiger partial charge in [0.25, 0.3) is 0 Å². The van der Waals surface area contributed by atoms with Gasteiger partial charge in [0, 0.05) is 6.54 Å². The first-order valence-electron chi connectivity index (χ1n) is 6.26. The summed E-state index contributed by atoms with van der Waals surface area (Å²) in [6, 6.07) is 8.85. The van der Waals surface area contributed by atoms with Crippen molar-refractivity contribution in [3.63, 3.8) is 0 Å². The SMILES string of the molecule is C[C@H]1CCN(C(=O)OCc2ccccc2)C1C(=O)Cl. The van der Waals surface area contributed by atoms with Crippen LogP contribution in [0.25, 0.3) is 0 Å².